The molecule has 60 valence electrons. The summed E-state index contributed by atoms with van der Waals surface area (Å²) in [4.78, 5) is 12.6. The highest BCUT2D eigenvalue weighted by Gasteiger charge is 2.07. The Morgan fingerprint density at radius 1 is 1.55 bits per heavy atom. The van der Waals surface area contributed by atoms with E-state index in [1.807, 2.05) is 0 Å². The normalized spacial score (nSPS) is 10.5. The fourth-order valence-electron chi connectivity index (χ4n) is 0.597. The molecule has 0 spiro atoms. The summed E-state index contributed by atoms with van der Waals surface area (Å²) in [6.45, 7) is 0. The van der Waals surface area contributed by atoms with Gasteiger partial charge in [-0.2, -0.15) is 0 Å². The van der Waals surface area contributed by atoms with Gasteiger partial charge in [0.2, 0.25) is 0 Å². The largest absolute Gasteiger partial charge is 0.327 e. The molecule has 5 heteroatoms. The van der Waals surface area contributed by atoms with Gasteiger partial charge in [0, 0.05) is 11.8 Å². The summed E-state index contributed by atoms with van der Waals surface area (Å²) in [5, 5.41) is -0.220. The van der Waals surface area contributed by atoms with Crippen LogP contribution >= 0.6 is 11.6 Å². The fraction of sp³-hybridized carbons (Fsp3) is 0.167. The molecule has 1 aromatic rings. The molecule has 2 nitrogen and oxygen atoms in total. The summed E-state index contributed by atoms with van der Waals surface area (Å²) >= 11 is 5.28. The van der Waals surface area contributed by atoms with Crippen LogP contribution < -0.4 is 5.56 Å². The highest BCUT2D eigenvalue weighted by molar-refractivity contribution is 6.30. The molecule has 0 aromatic carbocycles. The van der Waals surface area contributed by atoms with Gasteiger partial charge in [0.1, 0.15) is 5.02 Å². The lowest BCUT2D eigenvalue weighted by molar-refractivity contribution is 0.151. The first-order chi connectivity index (χ1) is 5.11. The second-order valence-corrected chi connectivity index (χ2v) is 2.32. The number of alkyl halides is 2. The quantitative estimate of drug-likeness (QED) is 0.703. The fourth-order valence-corrected chi connectivity index (χ4v) is 0.778. The number of aromatic amines is 1. The molecular weight excluding hydrogens is 176 g/mol. The minimum atomic E-state index is -2.61. The molecule has 0 atom stereocenters. The Morgan fingerprint density at radius 3 is 2.64 bits per heavy atom. The number of hydrogen-bond acceptors (Lipinski definition) is 1. The summed E-state index contributed by atoms with van der Waals surface area (Å²) in [6.07, 6.45) is -1.66. The van der Waals surface area contributed by atoms with Crippen molar-refractivity contribution in [3.63, 3.8) is 0 Å². The zero-order valence-corrected chi connectivity index (χ0v) is 6.03. The third kappa shape index (κ3) is 1.77. The Balaban J connectivity index is 3.15. The van der Waals surface area contributed by atoms with Gasteiger partial charge < -0.3 is 4.98 Å². The number of aromatic nitrogens is 1. The average molecular weight is 180 g/mol. The third-order valence-electron chi connectivity index (χ3n) is 1.13. The van der Waals surface area contributed by atoms with Crippen LogP contribution in [0.4, 0.5) is 8.78 Å². The van der Waals surface area contributed by atoms with Gasteiger partial charge in [-0.1, -0.05) is 11.6 Å². The van der Waals surface area contributed by atoms with Crippen LogP contribution in [-0.2, 0) is 0 Å². The van der Waals surface area contributed by atoms with E-state index in [-0.39, 0.29) is 10.6 Å². The van der Waals surface area contributed by atoms with Crippen LogP contribution in [0.2, 0.25) is 5.02 Å². The van der Waals surface area contributed by atoms with Crippen LogP contribution in [0.25, 0.3) is 0 Å². The molecule has 0 radical (unpaired) electrons. The van der Waals surface area contributed by atoms with Crippen molar-refractivity contribution in [2.45, 2.75) is 6.43 Å². The first-order valence-electron chi connectivity index (χ1n) is 2.77. The molecule has 0 aliphatic heterocycles. The van der Waals surface area contributed by atoms with Crippen molar-refractivity contribution in [2.24, 2.45) is 0 Å². The molecule has 1 aromatic heterocycles. The first-order valence-corrected chi connectivity index (χ1v) is 3.15. The predicted octanol–water partition coefficient (Wildman–Crippen LogP) is 1.97. The van der Waals surface area contributed by atoms with Crippen LogP contribution in [-0.4, -0.2) is 4.98 Å². The molecule has 0 aliphatic carbocycles. The molecule has 1 heterocycles. The molecule has 0 saturated carbocycles. The van der Waals surface area contributed by atoms with Crippen molar-refractivity contribution in [2.75, 3.05) is 0 Å². The molecule has 0 fully saturated rings. The molecule has 1 N–H and O–H groups in total. The topological polar surface area (TPSA) is 32.9 Å². The minimum absolute atomic E-state index is 0.220. The van der Waals surface area contributed by atoms with E-state index in [1.54, 1.807) is 0 Å². The lowest BCUT2D eigenvalue weighted by Crippen LogP contribution is -2.05. The van der Waals surface area contributed by atoms with Crippen molar-refractivity contribution < 1.29 is 8.78 Å². The van der Waals surface area contributed by atoms with E-state index in [9.17, 15) is 13.6 Å². The van der Waals surface area contributed by atoms with Crippen LogP contribution in [0.5, 0.6) is 0 Å². The zero-order valence-electron chi connectivity index (χ0n) is 5.27. The van der Waals surface area contributed by atoms with Crippen molar-refractivity contribution >= 4 is 11.6 Å². The minimum Gasteiger partial charge on any atom is -0.327 e. The maximum Gasteiger partial charge on any atom is 0.266 e. The van der Waals surface area contributed by atoms with Crippen molar-refractivity contribution in [3.8, 4) is 0 Å². The van der Waals surface area contributed by atoms with E-state index in [2.05, 4.69) is 4.98 Å². The molecule has 0 saturated heterocycles. The summed E-state index contributed by atoms with van der Waals surface area (Å²) in [5.74, 6) is 0. The van der Waals surface area contributed by atoms with E-state index in [1.165, 1.54) is 0 Å². The van der Waals surface area contributed by atoms with E-state index in [4.69, 9.17) is 11.6 Å². The van der Waals surface area contributed by atoms with Crippen molar-refractivity contribution in [1.29, 1.82) is 0 Å². The number of hydrogen-bond donors (Lipinski definition) is 1. The molecule has 0 amide bonds. The van der Waals surface area contributed by atoms with E-state index in [0.717, 1.165) is 12.3 Å². The van der Waals surface area contributed by atoms with Crippen LogP contribution in [0.3, 0.4) is 0 Å². The van der Waals surface area contributed by atoms with Crippen LogP contribution in [0.15, 0.2) is 17.1 Å². The maximum atomic E-state index is 11.9. The lowest BCUT2D eigenvalue weighted by Gasteiger charge is -1.97. The predicted molar refractivity (Wildman–Crippen MR) is 37.0 cm³/mol. The standard InChI is InChI=1S/C6H4ClF2NO/c7-4-1-3(5(8)9)2-10-6(4)11/h1-2,5H,(H,10,11). The first kappa shape index (κ1) is 8.20. The highest BCUT2D eigenvalue weighted by atomic mass is 35.5. The van der Waals surface area contributed by atoms with Gasteiger partial charge in [0.15, 0.2) is 0 Å². The van der Waals surface area contributed by atoms with Gasteiger partial charge in [0.25, 0.3) is 12.0 Å². The number of H-pyrrole nitrogens is 1. The van der Waals surface area contributed by atoms with Crippen molar-refractivity contribution in [3.05, 3.63) is 33.2 Å². The Hall–Kier alpha value is -0.900. The maximum absolute atomic E-state index is 11.9. The van der Waals surface area contributed by atoms with Gasteiger partial charge >= 0.3 is 0 Å². The number of pyridine rings is 1. The van der Waals surface area contributed by atoms with Crippen LogP contribution in [0.1, 0.15) is 12.0 Å². The Kier molecular flexibility index (Phi) is 2.24. The summed E-state index contributed by atoms with van der Waals surface area (Å²) < 4.78 is 23.8. The van der Waals surface area contributed by atoms with Gasteiger partial charge in [-0.15, -0.1) is 0 Å². The summed E-state index contributed by atoms with van der Waals surface area (Å²) in [6, 6.07) is 0.949. The molecule has 11 heavy (non-hydrogen) atoms. The second kappa shape index (κ2) is 3.00. The van der Waals surface area contributed by atoms with Gasteiger partial charge in [0.05, 0.1) is 0 Å². The van der Waals surface area contributed by atoms with E-state index < -0.39 is 12.0 Å². The summed E-state index contributed by atoms with van der Waals surface area (Å²) in [7, 11) is 0. The molecule has 1 rings (SSSR count). The van der Waals surface area contributed by atoms with Crippen LogP contribution in [0, 0.1) is 0 Å². The van der Waals surface area contributed by atoms with E-state index in [0.29, 0.717) is 0 Å². The smallest absolute Gasteiger partial charge is 0.266 e. The zero-order chi connectivity index (χ0) is 8.43. The SMILES string of the molecule is O=c1[nH]cc(C(F)F)cc1Cl. The molecular formula is C6H4ClF2NO. The second-order valence-electron chi connectivity index (χ2n) is 1.91. The number of halogens is 3. The van der Waals surface area contributed by atoms with Crippen molar-refractivity contribution in [1.82, 2.24) is 4.98 Å². The Labute approximate surface area is 65.8 Å². The summed E-state index contributed by atoms with van der Waals surface area (Å²) in [5.41, 5.74) is -0.842. The van der Waals surface area contributed by atoms with Gasteiger partial charge in [-0.3, -0.25) is 4.79 Å². The third-order valence-corrected chi connectivity index (χ3v) is 1.41. The monoisotopic (exact) mass is 179 g/mol. The lowest BCUT2D eigenvalue weighted by atomic mass is 10.3. The molecule has 0 aliphatic rings. The van der Waals surface area contributed by atoms with Gasteiger partial charge in [-0.25, -0.2) is 8.78 Å². The van der Waals surface area contributed by atoms with Gasteiger partial charge in [-0.05, 0) is 6.07 Å². The number of rotatable bonds is 1. The van der Waals surface area contributed by atoms with E-state index >= 15 is 0 Å². The molecule has 0 bridgehead atoms. The Bertz CT molecular complexity index is 310. The molecule has 0 unspecified atom stereocenters. The highest BCUT2D eigenvalue weighted by Crippen LogP contribution is 2.18. The number of nitrogens with one attached hydrogen (secondary N) is 1. The average Bonchev–Trinajstić information content (AvgIpc) is 1.94. The Morgan fingerprint density at radius 2 is 2.18 bits per heavy atom.